The Balaban J connectivity index is 2.90. The smallest absolute Gasteiger partial charge is 0.156 e. The lowest BCUT2D eigenvalue weighted by atomic mass is 10.6. The summed E-state index contributed by atoms with van der Waals surface area (Å²) in [6, 6.07) is 0. The van der Waals surface area contributed by atoms with Crippen molar-refractivity contribution in [2.24, 2.45) is 0 Å². The van der Waals surface area contributed by atoms with Crippen LogP contribution in [0.4, 0.5) is 0 Å². The van der Waals surface area contributed by atoms with E-state index in [0.717, 1.165) is 11.3 Å². The highest BCUT2D eigenvalue weighted by Gasteiger charge is 1.99. The van der Waals surface area contributed by atoms with Crippen LogP contribution in [0.25, 0.3) is 5.65 Å². The fourth-order valence-corrected chi connectivity index (χ4v) is 1.20. The molecular formula is C7H6ClN3. The van der Waals surface area contributed by atoms with Crippen LogP contribution >= 0.6 is 11.6 Å². The predicted octanol–water partition coefficient (Wildman–Crippen LogP) is 1.69. The molecule has 0 saturated heterocycles. The van der Waals surface area contributed by atoms with E-state index in [2.05, 4.69) is 9.97 Å². The molecule has 0 aromatic carbocycles. The third-order valence-corrected chi connectivity index (χ3v) is 1.73. The molecule has 0 spiro atoms. The number of imidazole rings is 1. The minimum absolute atomic E-state index is 0.586. The van der Waals surface area contributed by atoms with E-state index < -0.39 is 0 Å². The molecule has 2 aromatic heterocycles. The van der Waals surface area contributed by atoms with Gasteiger partial charge in [0.1, 0.15) is 5.15 Å². The summed E-state index contributed by atoms with van der Waals surface area (Å²) in [5.74, 6) is 0. The molecule has 0 atom stereocenters. The van der Waals surface area contributed by atoms with Crippen LogP contribution in [0.15, 0.2) is 18.6 Å². The minimum Gasteiger partial charge on any atom is -0.287 e. The van der Waals surface area contributed by atoms with Crippen molar-refractivity contribution in [3.05, 3.63) is 29.4 Å². The molecule has 0 N–H and O–H groups in total. The van der Waals surface area contributed by atoms with E-state index in [1.807, 2.05) is 13.1 Å². The highest BCUT2D eigenvalue weighted by atomic mass is 35.5. The van der Waals surface area contributed by atoms with E-state index >= 15 is 0 Å². The number of fused-ring (bicyclic) bond motifs is 1. The van der Waals surface area contributed by atoms with Gasteiger partial charge in [-0.05, 0) is 6.92 Å². The Bertz CT molecular complexity index is 393. The van der Waals surface area contributed by atoms with Gasteiger partial charge in [-0.3, -0.25) is 9.38 Å². The summed E-state index contributed by atoms with van der Waals surface area (Å²) < 4.78 is 1.80. The minimum atomic E-state index is 0.586. The monoisotopic (exact) mass is 167 g/mol. The maximum absolute atomic E-state index is 5.83. The molecule has 0 aliphatic rings. The molecule has 0 unspecified atom stereocenters. The Morgan fingerprint density at radius 1 is 1.45 bits per heavy atom. The first-order valence-corrected chi connectivity index (χ1v) is 3.60. The van der Waals surface area contributed by atoms with E-state index in [1.54, 1.807) is 16.8 Å². The first-order valence-electron chi connectivity index (χ1n) is 3.22. The van der Waals surface area contributed by atoms with Crippen LogP contribution in [0.5, 0.6) is 0 Å². The van der Waals surface area contributed by atoms with Gasteiger partial charge in [-0.25, -0.2) is 4.98 Å². The topological polar surface area (TPSA) is 30.2 Å². The van der Waals surface area contributed by atoms with Gasteiger partial charge in [-0.1, -0.05) is 11.6 Å². The van der Waals surface area contributed by atoms with Crippen molar-refractivity contribution in [3.8, 4) is 0 Å². The lowest BCUT2D eigenvalue weighted by Gasteiger charge is -1.92. The van der Waals surface area contributed by atoms with E-state index in [9.17, 15) is 0 Å². The third kappa shape index (κ3) is 0.973. The van der Waals surface area contributed by atoms with Crippen molar-refractivity contribution in [1.82, 2.24) is 14.4 Å². The Morgan fingerprint density at radius 2 is 2.27 bits per heavy atom. The third-order valence-electron chi connectivity index (χ3n) is 1.45. The number of hydrogen-bond donors (Lipinski definition) is 0. The molecular weight excluding hydrogens is 162 g/mol. The Morgan fingerprint density at radius 3 is 3.00 bits per heavy atom. The normalized spacial score (nSPS) is 10.7. The average Bonchev–Trinajstić information content (AvgIpc) is 2.31. The number of aryl methyl sites for hydroxylation is 1. The number of halogens is 1. The quantitative estimate of drug-likeness (QED) is 0.598. The molecule has 2 aromatic rings. The standard InChI is InChI=1S/C7H6ClN3/c1-5-4-11-6(8)2-9-3-7(11)10-5/h2-4H,1H3. The van der Waals surface area contributed by atoms with Crippen molar-refractivity contribution in [2.75, 3.05) is 0 Å². The molecule has 4 heteroatoms. The maximum atomic E-state index is 5.83. The zero-order chi connectivity index (χ0) is 7.84. The molecule has 11 heavy (non-hydrogen) atoms. The van der Waals surface area contributed by atoms with E-state index in [0.29, 0.717) is 5.15 Å². The largest absolute Gasteiger partial charge is 0.287 e. The number of aromatic nitrogens is 3. The van der Waals surface area contributed by atoms with Gasteiger partial charge in [-0.15, -0.1) is 0 Å². The Hall–Kier alpha value is -1.09. The van der Waals surface area contributed by atoms with E-state index in [-0.39, 0.29) is 0 Å². The Labute approximate surface area is 68.7 Å². The number of nitrogens with zero attached hydrogens (tertiary/aromatic N) is 3. The van der Waals surface area contributed by atoms with Crippen LogP contribution in [-0.4, -0.2) is 14.4 Å². The molecule has 0 aliphatic carbocycles. The van der Waals surface area contributed by atoms with Crippen LogP contribution in [0, 0.1) is 6.92 Å². The van der Waals surface area contributed by atoms with Crippen LogP contribution in [0.1, 0.15) is 5.69 Å². The van der Waals surface area contributed by atoms with Crippen molar-refractivity contribution in [3.63, 3.8) is 0 Å². The molecule has 0 aliphatic heterocycles. The molecule has 56 valence electrons. The van der Waals surface area contributed by atoms with E-state index in [4.69, 9.17) is 11.6 Å². The summed E-state index contributed by atoms with van der Waals surface area (Å²) in [4.78, 5) is 8.10. The Kier molecular flexibility index (Phi) is 1.32. The van der Waals surface area contributed by atoms with Crippen LogP contribution in [0.3, 0.4) is 0 Å². The van der Waals surface area contributed by atoms with Crippen LogP contribution in [-0.2, 0) is 0 Å². The molecule has 0 fully saturated rings. The summed E-state index contributed by atoms with van der Waals surface area (Å²) >= 11 is 5.83. The van der Waals surface area contributed by atoms with Crippen molar-refractivity contribution >= 4 is 17.2 Å². The van der Waals surface area contributed by atoms with Crippen molar-refractivity contribution < 1.29 is 0 Å². The molecule has 2 heterocycles. The van der Waals surface area contributed by atoms with Crippen molar-refractivity contribution in [1.29, 1.82) is 0 Å². The second kappa shape index (κ2) is 2.20. The highest BCUT2D eigenvalue weighted by Crippen LogP contribution is 2.10. The molecule has 2 rings (SSSR count). The maximum Gasteiger partial charge on any atom is 0.156 e. The first-order chi connectivity index (χ1) is 5.27. The van der Waals surface area contributed by atoms with Gasteiger partial charge in [0.05, 0.1) is 18.1 Å². The summed E-state index contributed by atoms with van der Waals surface area (Å²) in [5.41, 5.74) is 1.73. The number of rotatable bonds is 0. The lowest BCUT2D eigenvalue weighted by Crippen LogP contribution is -1.85. The summed E-state index contributed by atoms with van der Waals surface area (Å²) in [5, 5.41) is 0.586. The lowest BCUT2D eigenvalue weighted by molar-refractivity contribution is 1.13. The summed E-state index contributed by atoms with van der Waals surface area (Å²) in [6.07, 6.45) is 5.15. The fourth-order valence-electron chi connectivity index (χ4n) is 1.01. The van der Waals surface area contributed by atoms with Gasteiger partial charge >= 0.3 is 0 Å². The van der Waals surface area contributed by atoms with Gasteiger partial charge in [0.25, 0.3) is 0 Å². The van der Waals surface area contributed by atoms with Crippen LogP contribution in [0.2, 0.25) is 5.15 Å². The van der Waals surface area contributed by atoms with Crippen LogP contribution < -0.4 is 0 Å². The second-order valence-electron chi connectivity index (χ2n) is 2.34. The summed E-state index contributed by atoms with van der Waals surface area (Å²) in [7, 11) is 0. The van der Waals surface area contributed by atoms with Gasteiger partial charge in [0.2, 0.25) is 0 Å². The van der Waals surface area contributed by atoms with Gasteiger partial charge in [0, 0.05) is 6.20 Å². The molecule has 0 bridgehead atoms. The molecule has 0 saturated carbocycles. The zero-order valence-corrected chi connectivity index (χ0v) is 6.71. The van der Waals surface area contributed by atoms with Gasteiger partial charge < -0.3 is 0 Å². The van der Waals surface area contributed by atoms with Crippen molar-refractivity contribution in [2.45, 2.75) is 6.92 Å². The first kappa shape index (κ1) is 6.61. The average molecular weight is 168 g/mol. The fraction of sp³-hybridized carbons (Fsp3) is 0.143. The van der Waals surface area contributed by atoms with E-state index in [1.165, 1.54) is 0 Å². The van der Waals surface area contributed by atoms with Gasteiger partial charge in [0.15, 0.2) is 5.65 Å². The molecule has 3 nitrogen and oxygen atoms in total. The second-order valence-corrected chi connectivity index (χ2v) is 2.73. The molecule has 0 amide bonds. The summed E-state index contributed by atoms with van der Waals surface area (Å²) in [6.45, 7) is 1.92. The number of hydrogen-bond acceptors (Lipinski definition) is 2. The molecule has 0 radical (unpaired) electrons. The predicted molar refractivity (Wildman–Crippen MR) is 42.7 cm³/mol. The highest BCUT2D eigenvalue weighted by molar-refractivity contribution is 6.29. The zero-order valence-electron chi connectivity index (χ0n) is 5.95. The van der Waals surface area contributed by atoms with Gasteiger partial charge in [-0.2, -0.15) is 0 Å². The SMILES string of the molecule is Cc1cn2c(Cl)cncc2n1.